The van der Waals surface area contributed by atoms with Crippen molar-refractivity contribution in [2.24, 2.45) is 0 Å². The topological polar surface area (TPSA) is 46.2 Å². The summed E-state index contributed by atoms with van der Waals surface area (Å²) in [6.45, 7) is 0.510. The molecule has 0 aliphatic rings. The molecule has 0 aromatic heterocycles. The molecule has 0 heterocycles. The highest BCUT2D eigenvalue weighted by molar-refractivity contribution is 7.91. The standard InChI is InChI=1S/C10H13F2NO2S/c1-13-5-2-6-16(14,15)10-7-8(11)3-4-9(10)12/h3-4,7,13H,2,5-6H2,1H3. The predicted octanol–water partition coefficient (Wildman–Crippen LogP) is 1.35. The first-order chi connectivity index (χ1) is 7.47. The van der Waals surface area contributed by atoms with Crippen LogP contribution in [0.25, 0.3) is 0 Å². The number of rotatable bonds is 5. The lowest BCUT2D eigenvalue weighted by atomic mass is 10.3. The molecule has 0 saturated carbocycles. The molecule has 0 bridgehead atoms. The Bertz CT molecular complexity index is 460. The summed E-state index contributed by atoms with van der Waals surface area (Å²) >= 11 is 0. The smallest absolute Gasteiger partial charge is 0.181 e. The first-order valence-electron chi connectivity index (χ1n) is 4.80. The minimum atomic E-state index is -3.74. The average Bonchev–Trinajstić information content (AvgIpc) is 2.22. The summed E-state index contributed by atoms with van der Waals surface area (Å²) in [5.74, 6) is -1.87. The third kappa shape index (κ3) is 3.24. The zero-order valence-corrected chi connectivity index (χ0v) is 9.65. The van der Waals surface area contributed by atoms with Crippen LogP contribution in [0.1, 0.15) is 6.42 Å². The van der Waals surface area contributed by atoms with Gasteiger partial charge < -0.3 is 5.32 Å². The van der Waals surface area contributed by atoms with E-state index in [1.807, 2.05) is 0 Å². The molecule has 0 amide bonds. The maximum Gasteiger partial charge on any atom is 0.181 e. The van der Waals surface area contributed by atoms with Crippen molar-refractivity contribution >= 4 is 9.84 Å². The molecule has 0 radical (unpaired) electrons. The fraction of sp³-hybridized carbons (Fsp3) is 0.400. The number of nitrogens with one attached hydrogen (secondary N) is 1. The fourth-order valence-corrected chi connectivity index (χ4v) is 2.67. The van der Waals surface area contributed by atoms with Crippen molar-refractivity contribution in [1.82, 2.24) is 5.32 Å². The first kappa shape index (κ1) is 13.1. The molecular weight excluding hydrogens is 236 g/mol. The lowest BCUT2D eigenvalue weighted by Crippen LogP contribution is -2.15. The molecule has 0 atom stereocenters. The Balaban J connectivity index is 2.93. The van der Waals surface area contributed by atoms with E-state index in [0.29, 0.717) is 19.0 Å². The summed E-state index contributed by atoms with van der Waals surface area (Å²) in [5, 5.41) is 2.79. The lowest BCUT2D eigenvalue weighted by Gasteiger charge is -2.05. The van der Waals surface area contributed by atoms with Crippen LogP contribution in [-0.4, -0.2) is 27.8 Å². The molecule has 0 fully saturated rings. The quantitative estimate of drug-likeness (QED) is 0.801. The van der Waals surface area contributed by atoms with Crippen LogP contribution in [-0.2, 0) is 9.84 Å². The molecule has 0 saturated heterocycles. The summed E-state index contributed by atoms with van der Waals surface area (Å²) in [4.78, 5) is -0.566. The molecule has 1 N–H and O–H groups in total. The highest BCUT2D eigenvalue weighted by atomic mass is 32.2. The zero-order chi connectivity index (χ0) is 12.2. The van der Waals surface area contributed by atoms with Crippen LogP contribution in [0, 0.1) is 11.6 Å². The second-order valence-electron chi connectivity index (χ2n) is 3.35. The van der Waals surface area contributed by atoms with Gasteiger partial charge in [0, 0.05) is 0 Å². The second-order valence-corrected chi connectivity index (χ2v) is 5.43. The van der Waals surface area contributed by atoms with Gasteiger partial charge in [-0.25, -0.2) is 17.2 Å². The van der Waals surface area contributed by atoms with Gasteiger partial charge in [0.1, 0.15) is 16.5 Å². The Hall–Kier alpha value is -1.01. The number of halogens is 2. The highest BCUT2D eigenvalue weighted by Gasteiger charge is 2.19. The largest absolute Gasteiger partial charge is 0.320 e. The van der Waals surface area contributed by atoms with Crippen molar-refractivity contribution in [3.63, 3.8) is 0 Å². The number of benzene rings is 1. The van der Waals surface area contributed by atoms with E-state index in [1.54, 1.807) is 7.05 Å². The summed E-state index contributed by atoms with van der Waals surface area (Å²) in [6.07, 6.45) is 0.356. The SMILES string of the molecule is CNCCCS(=O)(=O)c1cc(F)ccc1F. The van der Waals surface area contributed by atoms with E-state index in [2.05, 4.69) is 5.32 Å². The van der Waals surface area contributed by atoms with E-state index in [1.165, 1.54) is 0 Å². The molecule has 90 valence electrons. The summed E-state index contributed by atoms with van der Waals surface area (Å²) in [6, 6.07) is 2.42. The third-order valence-electron chi connectivity index (χ3n) is 2.07. The van der Waals surface area contributed by atoms with Crippen molar-refractivity contribution in [2.75, 3.05) is 19.3 Å². The first-order valence-corrected chi connectivity index (χ1v) is 6.45. The van der Waals surface area contributed by atoms with E-state index in [4.69, 9.17) is 0 Å². The summed E-state index contributed by atoms with van der Waals surface area (Å²) in [7, 11) is -2.05. The molecular formula is C10H13F2NO2S. The summed E-state index contributed by atoms with van der Waals surface area (Å²) in [5.41, 5.74) is 0. The van der Waals surface area contributed by atoms with Gasteiger partial charge in [-0.2, -0.15) is 0 Å². The predicted molar refractivity (Wildman–Crippen MR) is 57.0 cm³/mol. The van der Waals surface area contributed by atoms with E-state index < -0.39 is 26.4 Å². The van der Waals surface area contributed by atoms with E-state index >= 15 is 0 Å². The molecule has 0 aliphatic heterocycles. The number of sulfone groups is 1. The average molecular weight is 249 g/mol. The van der Waals surface area contributed by atoms with Crippen molar-refractivity contribution in [3.05, 3.63) is 29.8 Å². The molecule has 0 spiro atoms. The monoisotopic (exact) mass is 249 g/mol. The van der Waals surface area contributed by atoms with Crippen LogP contribution in [0.3, 0.4) is 0 Å². The van der Waals surface area contributed by atoms with Crippen LogP contribution < -0.4 is 5.32 Å². The Morgan fingerprint density at radius 2 is 2.00 bits per heavy atom. The molecule has 1 rings (SSSR count). The Morgan fingerprint density at radius 1 is 1.31 bits per heavy atom. The zero-order valence-electron chi connectivity index (χ0n) is 8.83. The molecule has 1 aromatic rings. The lowest BCUT2D eigenvalue weighted by molar-refractivity contribution is 0.551. The van der Waals surface area contributed by atoms with Crippen molar-refractivity contribution < 1.29 is 17.2 Å². The van der Waals surface area contributed by atoms with E-state index in [9.17, 15) is 17.2 Å². The maximum absolute atomic E-state index is 13.2. The molecule has 3 nitrogen and oxygen atoms in total. The van der Waals surface area contributed by atoms with Gasteiger partial charge in [-0.05, 0) is 38.2 Å². The van der Waals surface area contributed by atoms with Crippen LogP contribution in [0.5, 0.6) is 0 Å². The van der Waals surface area contributed by atoms with Gasteiger partial charge in [0.05, 0.1) is 5.75 Å². The number of hydrogen-bond acceptors (Lipinski definition) is 3. The highest BCUT2D eigenvalue weighted by Crippen LogP contribution is 2.17. The van der Waals surface area contributed by atoms with Crippen LogP contribution in [0.4, 0.5) is 8.78 Å². The summed E-state index contributed by atoms with van der Waals surface area (Å²) < 4.78 is 49.3. The molecule has 0 aliphatic carbocycles. The Labute approximate surface area is 93.4 Å². The van der Waals surface area contributed by atoms with Crippen molar-refractivity contribution in [2.45, 2.75) is 11.3 Å². The minimum Gasteiger partial charge on any atom is -0.320 e. The Morgan fingerprint density at radius 3 is 2.62 bits per heavy atom. The van der Waals surface area contributed by atoms with Gasteiger partial charge in [-0.15, -0.1) is 0 Å². The second kappa shape index (κ2) is 5.36. The van der Waals surface area contributed by atoms with Gasteiger partial charge in [-0.3, -0.25) is 0 Å². The Kier molecular flexibility index (Phi) is 4.37. The fourth-order valence-electron chi connectivity index (χ4n) is 1.26. The van der Waals surface area contributed by atoms with Crippen LogP contribution in [0.2, 0.25) is 0 Å². The van der Waals surface area contributed by atoms with Crippen LogP contribution >= 0.6 is 0 Å². The molecule has 6 heteroatoms. The van der Waals surface area contributed by atoms with Gasteiger partial charge in [0.15, 0.2) is 9.84 Å². The van der Waals surface area contributed by atoms with Gasteiger partial charge in [-0.1, -0.05) is 0 Å². The van der Waals surface area contributed by atoms with Gasteiger partial charge >= 0.3 is 0 Å². The van der Waals surface area contributed by atoms with Gasteiger partial charge in [0.2, 0.25) is 0 Å². The van der Waals surface area contributed by atoms with Gasteiger partial charge in [0.25, 0.3) is 0 Å². The number of hydrogen-bond donors (Lipinski definition) is 1. The normalized spacial score (nSPS) is 11.7. The molecule has 1 aromatic carbocycles. The van der Waals surface area contributed by atoms with Crippen LogP contribution in [0.15, 0.2) is 23.1 Å². The third-order valence-corrected chi connectivity index (χ3v) is 3.88. The minimum absolute atomic E-state index is 0.200. The van der Waals surface area contributed by atoms with Crippen molar-refractivity contribution in [1.29, 1.82) is 0 Å². The van der Waals surface area contributed by atoms with E-state index in [-0.39, 0.29) is 5.75 Å². The molecule has 0 unspecified atom stereocenters. The maximum atomic E-state index is 13.2. The van der Waals surface area contributed by atoms with E-state index in [0.717, 1.165) is 12.1 Å². The molecule has 16 heavy (non-hydrogen) atoms. The van der Waals surface area contributed by atoms with Crippen molar-refractivity contribution in [3.8, 4) is 0 Å².